The van der Waals surface area contributed by atoms with Crippen LogP contribution in [0.1, 0.15) is 0 Å². The second-order valence-corrected chi connectivity index (χ2v) is 20.9. The molecule has 0 amide bonds. The molecule has 0 aromatic rings. The molecule has 190 valence electrons. The molecule has 2 aliphatic rings. The van der Waals surface area contributed by atoms with E-state index < -0.39 is 87.7 Å². The van der Waals surface area contributed by atoms with E-state index in [9.17, 15) is 50.5 Å². The van der Waals surface area contributed by atoms with Crippen molar-refractivity contribution in [3.63, 3.8) is 0 Å². The standard InChI is InChI=1S/C13H17ClO13S6/c1-28(15,16)11-10-8(27-13(11,31(4,21)22)32(5,23)24)6-7-9(33(14,25)26)12(10,29(2,17)18)30(3,19)20/h6-7H,1-5H3. The average molecular weight is 609 g/mol. The van der Waals surface area contributed by atoms with Gasteiger partial charge in [-0.05, 0) is 12.2 Å². The molecule has 1 aliphatic heterocycles. The van der Waals surface area contributed by atoms with E-state index in [1.807, 2.05) is 0 Å². The SMILES string of the molecule is CS(=O)(=O)C1=C2C(=CC=C(S(=O)(=O)Cl)C2(S(C)(=O)=O)S(C)(=O)=O)OC1(S(C)(=O)=O)S(C)(=O)=O. The van der Waals surface area contributed by atoms with Crippen LogP contribution < -0.4 is 0 Å². The smallest absolute Gasteiger partial charge is 0.345 e. The minimum absolute atomic E-state index is 0.223. The van der Waals surface area contributed by atoms with E-state index >= 15 is 0 Å². The zero-order valence-electron chi connectivity index (χ0n) is 17.3. The fourth-order valence-corrected chi connectivity index (χ4v) is 17.6. The predicted molar refractivity (Wildman–Crippen MR) is 119 cm³/mol. The van der Waals surface area contributed by atoms with Crippen molar-refractivity contribution in [1.82, 2.24) is 0 Å². The van der Waals surface area contributed by atoms with Gasteiger partial charge in [0.05, 0.1) is 5.57 Å². The first kappa shape index (κ1) is 28.2. The lowest BCUT2D eigenvalue weighted by Gasteiger charge is -2.34. The Morgan fingerprint density at radius 1 is 0.667 bits per heavy atom. The van der Waals surface area contributed by atoms with Gasteiger partial charge in [-0.2, -0.15) is 0 Å². The highest BCUT2D eigenvalue weighted by molar-refractivity contribution is 8.20. The van der Waals surface area contributed by atoms with Crippen molar-refractivity contribution in [2.45, 2.75) is 8.34 Å². The van der Waals surface area contributed by atoms with Crippen LogP contribution in [0.5, 0.6) is 0 Å². The number of fused-ring (bicyclic) bond motifs is 1. The lowest BCUT2D eigenvalue weighted by molar-refractivity contribution is 0.200. The van der Waals surface area contributed by atoms with Crippen molar-refractivity contribution < 1.29 is 55.2 Å². The summed E-state index contributed by atoms with van der Waals surface area (Å²) in [5.41, 5.74) is -1.52. The molecule has 20 heteroatoms. The zero-order valence-corrected chi connectivity index (χ0v) is 22.9. The number of sulfone groups is 5. The van der Waals surface area contributed by atoms with Gasteiger partial charge >= 0.3 is 4.27 Å². The highest BCUT2D eigenvalue weighted by Crippen LogP contribution is 2.58. The highest BCUT2D eigenvalue weighted by atomic mass is 35.7. The summed E-state index contributed by atoms with van der Waals surface area (Å²) < 4.78 is 150. The average Bonchev–Trinajstić information content (AvgIpc) is 2.86. The highest BCUT2D eigenvalue weighted by Gasteiger charge is 2.73. The molecular weight excluding hydrogens is 592 g/mol. The number of ether oxygens (including phenoxy) is 1. The Morgan fingerprint density at radius 3 is 1.33 bits per heavy atom. The lowest BCUT2D eigenvalue weighted by Crippen LogP contribution is -2.52. The Kier molecular flexibility index (Phi) is 6.22. The maximum absolute atomic E-state index is 13.0. The molecule has 0 unspecified atom stereocenters. The molecule has 0 N–H and O–H groups in total. The van der Waals surface area contributed by atoms with Crippen molar-refractivity contribution in [3.05, 3.63) is 33.3 Å². The van der Waals surface area contributed by atoms with E-state index in [2.05, 4.69) is 0 Å². The van der Waals surface area contributed by atoms with Crippen LogP contribution in [-0.2, 0) is 63.0 Å². The molecule has 13 nitrogen and oxygen atoms in total. The fourth-order valence-electron chi connectivity index (χ4n) is 3.75. The van der Waals surface area contributed by atoms with Gasteiger partial charge in [0.15, 0.2) is 29.5 Å². The topological polar surface area (TPSA) is 214 Å². The summed E-state index contributed by atoms with van der Waals surface area (Å²) in [5, 5.41) is 0. The van der Waals surface area contributed by atoms with Crippen LogP contribution >= 0.6 is 10.7 Å². The van der Waals surface area contributed by atoms with E-state index in [1.54, 1.807) is 0 Å². The summed E-state index contributed by atoms with van der Waals surface area (Å²) in [6.07, 6.45) is 2.10. The number of rotatable bonds is 6. The van der Waals surface area contributed by atoms with E-state index in [1.165, 1.54) is 0 Å². The van der Waals surface area contributed by atoms with Gasteiger partial charge in [0.1, 0.15) is 15.6 Å². The van der Waals surface area contributed by atoms with Crippen LogP contribution in [0.15, 0.2) is 33.3 Å². The molecule has 33 heavy (non-hydrogen) atoms. The molecule has 1 aliphatic carbocycles. The maximum Gasteiger partial charge on any atom is 0.345 e. The molecule has 0 aromatic carbocycles. The van der Waals surface area contributed by atoms with Crippen LogP contribution in [0.3, 0.4) is 0 Å². The van der Waals surface area contributed by atoms with Crippen molar-refractivity contribution in [1.29, 1.82) is 0 Å². The summed E-state index contributed by atoms with van der Waals surface area (Å²) >= 11 is 0. The Morgan fingerprint density at radius 2 is 1.06 bits per heavy atom. The van der Waals surface area contributed by atoms with Crippen LogP contribution in [0.4, 0.5) is 0 Å². The molecule has 0 fully saturated rings. The Labute approximate surface area is 196 Å². The van der Waals surface area contributed by atoms with Gasteiger partial charge < -0.3 is 4.74 Å². The third kappa shape index (κ3) is 3.79. The number of halogens is 1. The molecular formula is C13H17ClO13S6. The molecule has 0 radical (unpaired) electrons. The van der Waals surface area contributed by atoms with Crippen LogP contribution in [0.25, 0.3) is 0 Å². The van der Waals surface area contributed by atoms with Crippen molar-refractivity contribution in [2.24, 2.45) is 0 Å². The zero-order chi connectivity index (χ0) is 26.4. The maximum atomic E-state index is 13.0. The van der Waals surface area contributed by atoms with Crippen molar-refractivity contribution >= 4 is 68.9 Å². The van der Waals surface area contributed by atoms with E-state index in [-0.39, 0.29) is 31.3 Å². The fraction of sp³-hybridized carbons (Fsp3) is 0.538. The minimum atomic E-state index is -5.32. The van der Waals surface area contributed by atoms with Crippen molar-refractivity contribution in [2.75, 3.05) is 31.3 Å². The minimum Gasteiger partial charge on any atom is -0.453 e. The largest absolute Gasteiger partial charge is 0.453 e. The monoisotopic (exact) mass is 608 g/mol. The summed E-state index contributed by atoms with van der Waals surface area (Å²) in [5.74, 6) is -1.12. The molecule has 0 bridgehead atoms. The second-order valence-electron chi connectivity index (χ2n) is 7.34. The van der Waals surface area contributed by atoms with E-state index in [4.69, 9.17) is 15.4 Å². The molecule has 0 atom stereocenters. The van der Waals surface area contributed by atoms with Gasteiger partial charge in [-0.3, -0.25) is 0 Å². The second kappa shape index (κ2) is 7.26. The van der Waals surface area contributed by atoms with Crippen LogP contribution in [0, 0.1) is 0 Å². The molecule has 0 spiro atoms. The third-order valence-electron chi connectivity index (χ3n) is 4.69. The first-order chi connectivity index (χ1) is 14.2. The number of hydrogen-bond acceptors (Lipinski definition) is 13. The Hall–Kier alpha value is -0.990. The van der Waals surface area contributed by atoms with Gasteiger partial charge in [0.25, 0.3) is 9.05 Å². The molecule has 1 heterocycles. The van der Waals surface area contributed by atoms with Gasteiger partial charge in [-0.15, -0.1) is 0 Å². The van der Waals surface area contributed by atoms with Crippen molar-refractivity contribution in [3.8, 4) is 0 Å². The number of allylic oxidation sites excluding steroid dienone is 3. The molecule has 0 saturated heterocycles. The summed E-state index contributed by atoms with van der Waals surface area (Å²) in [7, 11) is -26.1. The van der Waals surface area contributed by atoms with E-state index in [0.29, 0.717) is 12.2 Å². The van der Waals surface area contributed by atoms with Gasteiger partial charge in [-0.1, -0.05) is 0 Å². The Bertz CT molecular complexity index is 1640. The van der Waals surface area contributed by atoms with Gasteiger partial charge in [-0.25, -0.2) is 50.5 Å². The first-order valence-corrected chi connectivity index (χ1v) is 19.8. The third-order valence-corrected chi connectivity index (χ3v) is 17.0. The lowest BCUT2D eigenvalue weighted by atomic mass is 10.1. The summed E-state index contributed by atoms with van der Waals surface area (Å²) in [6.45, 7) is 0. The van der Waals surface area contributed by atoms with Gasteiger partial charge in [0.2, 0.25) is 23.8 Å². The van der Waals surface area contributed by atoms with Crippen LogP contribution in [0.2, 0.25) is 0 Å². The molecule has 2 rings (SSSR count). The number of hydrogen-bond donors (Lipinski definition) is 0. The summed E-state index contributed by atoms with van der Waals surface area (Å²) in [4.78, 5) is -3.35. The Balaban J connectivity index is 3.61. The predicted octanol–water partition coefficient (Wildman–Crippen LogP) is -1.81. The first-order valence-electron chi connectivity index (χ1n) is 7.99. The van der Waals surface area contributed by atoms with E-state index in [0.717, 1.165) is 0 Å². The normalized spacial score (nSPS) is 21.6. The molecule has 0 aromatic heterocycles. The quantitative estimate of drug-likeness (QED) is 0.304. The van der Waals surface area contributed by atoms with Gasteiger partial charge in [0, 0.05) is 42.0 Å². The molecule has 0 saturated carbocycles. The summed E-state index contributed by atoms with van der Waals surface area (Å²) in [6, 6.07) is 0. The van der Waals surface area contributed by atoms with Crippen LogP contribution in [-0.4, -0.2) is 90.1 Å².